The third kappa shape index (κ3) is 12.8. The number of hydrogen-bond donors (Lipinski definition) is 0. The largest absolute Gasteiger partial charge is 0.310 e. The molecule has 0 N–H and O–H groups in total. The summed E-state index contributed by atoms with van der Waals surface area (Å²) in [5, 5.41) is 16.3. The Morgan fingerprint density at radius 2 is 0.450 bits per heavy atom. The van der Waals surface area contributed by atoms with Gasteiger partial charge in [-0.15, -0.1) is 0 Å². The molecule has 120 heavy (non-hydrogen) atoms. The van der Waals surface area contributed by atoms with Crippen LogP contribution in [0.3, 0.4) is 0 Å². The van der Waals surface area contributed by atoms with Crippen LogP contribution in [-0.4, -0.2) is 39.0 Å². The van der Waals surface area contributed by atoms with Crippen LogP contribution in [0.1, 0.15) is 0 Å². The van der Waals surface area contributed by atoms with Crippen LogP contribution >= 0.6 is 0 Å². The zero-order valence-corrected chi connectivity index (χ0v) is 65.0. The van der Waals surface area contributed by atoms with Gasteiger partial charge in [-0.1, -0.05) is 315 Å². The standard InChI is InChI=1S/C57H37N5.C53H35N5/c1-4-18-40(19-5-1)55-58-56(41-20-6-2-7-21-41)60-57(59-55)50-37-53-54(49-27-15-14-26-48(49)50)51-36-47(32-33-52(51)62(53)44-24-8-3-9-25-44)61(45-30-28-38-16-10-12-22-42(38)34-45)46-31-29-39-17-11-13-23-43(39)35-46;1-5-18-37(19-6-1)51-54-52(38-20-7-2-8-21-38)56-53(55-51)46-35-49-50(45-28-16-15-27-44(45)46)47-34-43(57(40-23-9-3-10-24-40)41-25-11-4-12-26-41)31-32-48(47)58(49)42-30-29-36-17-13-14-22-39(36)33-42/h1-37H;1-35H. The lowest BCUT2D eigenvalue weighted by Crippen LogP contribution is -2.10. The molecule has 23 aromatic rings. The van der Waals surface area contributed by atoms with Crippen molar-refractivity contribution in [3.8, 4) is 79.7 Å². The van der Waals surface area contributed by atoms with E-state index in [1.807, 2.05) is 72.8 Å². The molecule has 0 bridgehead atoms. The Balaban J connectivity index is 0.000000144. The van der Waals surface area contributed by atoms with E-state index in [1.54, 1.807) is 0 Å². The van der Waals surface area contributed by atoms with Gasteiger partial charge in [-0.3, -0.25) is 0 Å². The van der Waals surface area contributed by atoms with Gasteiger partial charge in [0.15, 0.2) is 34.9 Å². The highest BCUT2D eigenvalue weighted by Gasteiger charge is 2.27. The summed E-state index contributed by atoms with van der Waals surface area (Å²) in [6, 6.07) is 154. The first-order chi connectivity index (χ1) is 59.5. The molecule has 0 aliphatic heterocycles. The Morgan fingerprint density at radius 1 is 0.167 bits per heavy atom. The summed E-state index contributed by atoms with van der Waals surface area (Å²) >= 11 is 0. The fourth-order valence-electron chi connectivity index (χ4n) is 17.4. The van der Waals surface area contributed by atoms with Gasteiger partial charge < -0.3 is 18.9 Å². The van der Waals surface area contributed by atoms with Crippen molar-refractivity contribution in [2.45, 2.75) is 0 Å². The number of nitrogens with zero attached hydrogens (tertiary/aromatic N) is 10. The van der Waals surface area contributed by atoms with E-state index in [0.717, 1.165) is 133 Å². The predicted octanol–water partition coefficient (Wildman–Crippen LogP) is 28.6. The van der Waals surface area contributed by atoms with E-state index >= 15 is 0 Å². The van der Waals surface area contributed by atoms with Gasteiger partial charge in [-0.05, 0) is 175 Å². The van der Waals surface area contributed by atoms with Gasteiger partial charge in [-0.25, -0.2) is 29.9 Å². The molecule has 0 atom stereocenters. The molecule has 0 aliphatic carbocycles. The molecular weight excluding hydrogens is 1460 g/mol. The number of hydrogen-bond acceptors (Lipinski definition) is 8. The topological polar surface area (TPSA) is 93.7 Å². The van der Waals surface area contributed by atoms with E-state index in [1.165, 1.54) is 43.1 Å². The first-order valence-electron chi connectivity index (χ1n) is 40.5. The molecule has 0 saturated carbocycles. The Kier molecular flexibility index (Phi) is 17.7. The summed E-state index contributed by atoms with van der Waals surface area (Å²) in [4.78, 5) is 35.6. The van der Waals surface area contributed by atoms with Crippen LogP contribution in [0.5, 0.6) is 0 Å². The summed E-state index contributed by atoms with van der Waals surface area (Å²) in [6.45, 7) is 0. The minimum absolute atomic E-state index is 0.625. The second-order valence-electron chi connectivity index (χ2n) is 30.1. The van der Waals surface area contributed by atoms with Crippen molar-refractivity contribution in [3.05, 3.63) is 437 Å². The van der Waals surface area contributed by atoms with E-state index in [-0.39, 0.29) is 0 Å². The average molecular weight is 1530 g/mol. The zero-order chi connectivity index (χ0) is 79.4. The number of para-hydroxylation sites is 3. The fourth-order valence-corrected chi connectivity index (χ4v) is 17.4. The number of anilines is 6. The molecule has 10 nitrogen and oxygen atoms in total. The Bertz CT molecular complexity index is 7600. The first kappa shape index (κ1) is 70.3. The smallest absolute Gasteiger partial charge is 0.164 e. The maximum atomic E-state index is 5.22. The van der Waals surface area contributed by atoms with Gasteiger partial charge in [0.1, 0.15) is 0 Å². The zero-order valence-electron chi connectivity index (χ0n) is 65.0. The Hall–Kier alpha value is -16.3. The number of fused-ring (bicyclic) bond motifs is 13. The van der Waals surface area contributed by atoms with Crippen LogP contribution < -0.4 is 9.80 Å². The van der Waals surface area contributed by atoms with E-state index < -0.39 is 0 Å². The summed E-state index contributed by atoms with van der Waals surface area (Å²) < 4.78 is 4.79. The first-order valence-corrected chi connectivity index (χ1v) is 40.5. The molecule has 562 valence electrons. The highest BCUT2D eigenvalue weighted by Crippen LogP contribution is 2.48. The average Bonchev–Trinajstić information content (AvgIpc) is 1.56. The lowest BCUT2D eigenvalue weighted by molar-refractivity contribution is 1.08. The van der Waals surface area contributed by atoms with Crippen LogP contribution in [0.4, 0.5) is 34.1 Å². The van der Waals surface area contributed by atoms with Crippen molar-refractivity contribution in [3.63, 3.8) is 0 Å². The van der Waals surface area contributed by atoms with Gasteiger partial charge in [0.05, 0.1) is 22.1 Å². The lowest BCUT2D eigenvalue weighted by Gasteiger charge is -2.26. The monoisotopic (exact) mass is 1530 g/mol. The Morgan fingerprint density at radius 3 is 0.842 bits per heavy atom. The highest BCUT2D eigenvalue weighted by atomic mass is 15.2. The van der Waals surface area contributed by atoms with E-state index in [4.69, 9.17) is 29.9 Å². The molecule has 23 rings (SSSR count). The fraction of sp³-hybridized carbons (Fsp3) is 0. The molecule has 0 unspecified atom stereocenters. The second kappa shape index (κ2) is 30.1. The summed E-state index contributed by atoms with van der Waals surface area (Å²) in [7, 11) is 0. The van der Waals surface area contributed by atoms with E-state index in [2.05, 4.69) is 383 Å². The quantitative estimate of drug-likeness (QED) is 0.106. The molecule has 0 amide bonds. The molecule has 4 aromatic heterocycles. The van der Waals surface area contributed by atoms with E-state index in [9.17, 15) is 0 Å². The van der Waals surface area contributed by atoms with Crippen molar-refractivity contribution < 1.29 is 0 Å². The third-order valence-electron chi connectivity index (χ3n) is 22.9. The minimum atomic E-state index is 0.625. The van der Waals surface area contributed by atoms with Gasteiger partial charge in [0, 0.05) is 100 Å². The maximum absolute atomic E-state index is 5.22. The summed E-state index contributed by atoms with van der Waals surface area (Å²) in [5.74, 6) is 3.79. The maximum Gasteiger partial charge on any atom is 0.164 e. The summed E-state index contributed by atoms with van der Waals surface area (Å²) in [6.07, 6.45) is 0. The van der Waals surface area contributed by atoms with Gasteiger partial charge in [0.2, 0.25) is 0 Å². The van der Waals surface area contributed by atoms with Crippen LogP contribution in [0.25, 0.3) is 177 Å². The molecule has 0 spiro atoms. The van der Waals surface area contributed by atoms with Gasteiger partial charge in [0.25, 0.3) is 0 Å². The Labute approximate surface area is 692 Å². The predicted molar refractivity (Wildman–Crippen MR) is 498 cm³/mol. The van der Waals surface area contributed by atoms with Crippen LogP contribution in [0, 0.1) is 0 Å². The van der Waals surface area contributed by atoms with Crippen LogP contribution in [0.2, 0.25) is 0 Å². The second-order valence-corrected chi connectivity index (χ2v) is 30.1. The lowest BCUT2D eigenvalue weighted by atomic mass is 9.98. The summed E-state index contributed by atoms with van der Waals surface area (Å²) in [5.41, 5.74) is 18.7. The molecular formula is C110H72N10. The number of rotatable bonds is 14. The van der Waals surface area contributed by atoms with Crippen molar-refractivity contribution in [1.29, 1.82) is 0 Å². The normalized spacial score (nSPS) is 11.5. The number of aromatic nitrogens is 8. The minimum Gasteiger partial charge on any atom is -0.310 e. The van der Waals surface area contributed by atoms with Crippen LogP contribution in [-0.2, 0) is 0 Å². The van der Waals surface area contributed by atoms with Crippen molar-refractivity contribution >= 4 is 132 Å². The van der Waals surface area contributed by atoms with Crippen molar-refractivity contribution in [1.82, 2.24) is 39.0 Å². The van der Waals surface area contributed by atoms with Crippen LogP contribution in [0.15, 0.2) is 437 Å². The van der Waals surface area contributed by atoms with E-state index in [0.29, 0.717) is 34.9 Å². The SMILES string of the molecule is c1ccc(-c2nc(-c3ccccc3)nc(-c3cc4c(c5ccccc35)c3cc(N(c5ccc6ccccc6c5)c5ccc6ccccc6c5)ccc3n4-c3ccccc3)n2)cc1.c1ccc(-c2nc(-c3ccccc3)nc(-c3cc4c(c5ccccc35)c3cc(N(c5ccccc5)c5ccccc5)ccc3n4-c3ccc4ccccc4c3)n2)cc1. The van der Waals surface area contributed by atoms with Crippen molar-refractivity contribution in [2.24, 2.45) is 0 Å². The number of benzene rings is 19. The molecule has 19 aromatic carbocycles. The molecule has 10 heteroatoms. The highest BCUT2D eigenvalue weighted by molar-refractivity contribution is 6.26. The molecule has 4 heterocycles. The molecule has 0 aliphatic rings. The van der Waals surface area contributed by atoms with Gasteiger partial charge in [-0.2, -0.15) is 0 Å². The third-order valence-corrected chi connectivity index (χ3v) is 22.9. The molecule has 0 radical (unpaired) electrons. The molecule has 0 fully saturated rings. The molecule has 0 saturated heterocycles. The van der Waals surface area contributed by atoms with Crippen molar-refractivity contribution in [2.75, 3.05) is 9.80 Å². The van der Waals surface area contributed by atoms with Gasteiger partial charge >= 0.3 is 0 Å².